The summed E-state index contributed by atoms with van der Waals surface area (Å²) >= 11 is 0. The Bertz CT molecular complexity index is 1180. The number of pyridine rings is 1. The molecule has 0 bridgehead atoms. The van der Waals surface area contributed by atoms with Gasteiger partial charge in [0.05, 0.1) is 5.69 Å². The van der Waals surface area contributed by atoms with Gasteiger partial charge in [-0.2, -0.15) is 13.2 Å². The average molecular weight is 473 g/mol. The number of halogens is 3. The van der Waals surface area contributed by atoms with Gasteiger partial charge < -0.3 is 15.4 Å². The van der Waals surface area contributed by atoms with Crippen LogP contribution in [0.2, 0.25) is 0 Å². The van der Waals surface area contributed by atoms with Crippen LogP contribution < -0.4 is 15.4 Å². The molecule has 0 fully saturated rings. The Morgan fingerprint density at radius 1 is 0.971 bits per heavy atom. The van der Waals surface area contributed by atoms with Gasteiger partial charge in [0.2, 0.25) is 0 Å². The molecule has 6 nitrogen and oxygen atoms in total. The van der Waals surface area contributed by atoms with Gasteiger partial charge in [-0.15, -0.1) is 0 Å². The van der Waals surface area contributed by atoms with Crippen molar-refractivity contribution >= 4 is 17.3 Å². The smallest absolute Gasteiger partial charge is 0.433 e. The highest BCUT2D eigenvalue weighted by atomic mass is 19.4. The Morgan fingerprint density at radius 3 is 2.21 bits per heavy atom. The van der Waals surface area contributed by atoms with Crippen LogP contribution in [0.5, 0.6) is 11.5 Å². The third-order valence-corrected chi connectivity index (χ3v) is 4.77. The van der Waals surface area contributed by atoms with Gasteiger partial charge >= 0.3 is 6.18 Å². The first-order valence-electron chi connectivity index (χ1n) is 10.6. The lowest BCUT2D eigenvalue weighted by Gasteiger charge is -2.15. The topological polar surface area (TPSA) is 87.1 Å². The first-order chi connectivity index (χ1) is 16.1. The zero-order valence-corrected chi connectivity index (χ0v) is 19.6. The zero-order chi connectivity index (χ0) is 25.5. The van der Waals surface area contributed by atoms with Crippen molar-refractivity contribution in [2.75, 3.05) is 19.4 Å². The first kappa shape index (κ1) is 26.4. The Hall–Kier alpha value is -3.88. The van der Waals surface area contributed by atoms with Crippen molar-refractivity contribution in [1.29, 1.82) is 5.41 Å². The van der Waals surface area contributed by atoms with Crippen LogP contribution in [0.4, 0.5) is 18.9 Å². The summed E-state index contributed by atoms with van der Waals surface area (Å²) in [4.78, 5) is 16.2. The lowest BCUT2D eigenvalue weighted by Crippen LogP contribution is -2.23. The monoisotopic (exact) mass is 472 g/mol. The molecule has 9 heteroatoms. The number of hydrogen-bond acceptors (Lipinski definition) is 5. The molecular formula is C25H27F3N4O2. The molecule has 0 aliphatic rings. The van der Waals surface area contributed by atoms with Crippen LogP contribution in [-0.2, 0) is 0 Å². The predicted molar refractivity (Wildman–Crippen MR) is 128 cm³/mol. The van der Waals surface area contributed by atoms with E-state index in [9.17, 15) is 18.0 Å². The van der Waals surface area contributed by atoms with Gasteiger partial charge in [-0.3, -0.25) is 15.2 Å². The Kier molecular flexibility index (Phi) is 8.77. The summed E-state index contributed by atoms with van der Waals surface area (Å²) in [6, 6.07) is 12.6. The van der Waals surface area contributed by atoms with E-state index >= 15 is 0 Å². The molecule has 0 saturated heterocycles. The van der Waals surface area contributed by atoms with E-state index in [1.54, 1.807) is 37.5 Å². The molecule has 1 aromatic heterocycles. The second kappa shape index (κ2) is 11.3. The van der Waals surface area contributed by atoms with Gasteiger partial charge in [0.25, 0.3) is 5.91 Å². The molecule has 3 aromatic rings. The van der Waals surface area contributed by atoms with Crippen LogP contribution in [0.15, 0.2) is 54.7 Å². The maximum atomic E-state index is 12.9. The highest BCUT2D eigenvalue weighted by Crippen LogP contribution is 2.32. The maximum Gasteiger partial charge on any atom is 0.433 e. The Balaban J connectivity index is 0.00000199. The van der Waals surface area contributed by atoms with Crippen LogP contribution in [0.3, 0.4) is 0 Å². The van der Waals surface area contributed by atoms with Gasteiger partial charge in [-0.05, 0) is 42.8 Å². The molecule has 0 aliphatic heterocycles. The van der Waals surface area contributed by atoms with Crippen LogP contribution in [-0.4, -0.2) is 36.9 Å². The van der Waals surface area contributed by atoms with Crippen LogP contribution >= 0.6 is 0 Å². The molecular weight excluding hydrogens is 445 g/mol. The van der Waals surface area contributed by atoms with Crippen LogP contribution in [0.25, 0.3) is 11.3 Å². The highest BCUT2D eigenvalue weighted by molar-refractivity contribution is 6.06. The predicted octanol–water partition coefficient (Wildman–Crippen LogP) is 6.21. The van der Waals surface area contributed by atoms with Crippen LogP contribution in [0.1, 0.15) is 35.3 Å². The lowest BCUT2D eigenvalue weighted by molar-refractivity contribution is -0.0587. The standard InChI is InChI=1S/C23H21F3N4O2.C2H6/c1-13-10-14(4-6-17(13)22(31)29-3)19-11-16(8-9-30-19)32-15-5-7-18(20(12-15)28-2)21(27)23(24,25)26;1-2/h4-12,27-28H,1-3H3,(H,29,31);1-2H3. The van der Waals surface area contributed by atoms with E-state index in [0.717, 1.165) is 11.1 Å². The normalized spacial score (nSPS) is 10.6. The maximum absolute atomic E-state index is 12.9. The summed E-state index contributed by atoms with van der Waals surface area (Å²) < 4.78 is 44.5. The molecule has 1 amide bonds. The Morgan fingerprint density at radius 2 is 1.62 bits per heavy atom. The molecule has 0 spiro atoms. The fourth-order valence-corrected chi connectivity index (χ4v) is 3.15. The van der Waals surface area contributed by atoms with E-state index in [1.165, 1.54) is 25.2 Å². The van der Waals surface area contributed by atoms with Crippen LogP contribution in [0, 0.1) is 12.3 Å². The molecule has 2 aromatic carbocycles. The summed E-state index contributed by atoms with van der Waals surface area (Å²) in [6.07, 6.45) is -3.20. The van der Waals surface area contributed by atoms with Gasteiger partial charge in [0.15, 0.2) is 0 Å². The van der Waals surface area contributed by atoms with Crippen molar-refractivity contribution in [1.82, 2.24) is 10.3 Å². The van der Waals surface area contributed by atoms with Crippen molar-refractivity contribution in [2.24, 2.45) is 0 Å². The first-order valence-corrected chi connectivity index (χ1v) is 10.6. The summed E-state index contributed by atoms with van der Waals surface area (Å²) in [7, 11) is 3.04. The molecule has 0 unspecified atom stereocenters. The number of aryl methyl sites for hydroxylation is 1. The number of hydrogen-bond donors (Lipinski definition) is 3. The number of benzene rings is 2. The van der Waals surface area contributed by atoms with Crippen molar-refractivity contribution in [3.63, 3.8) is 0 Å². The molecule has 180 valence electrons. The fourth-order valence-electron chi connectivity index (χ4n) is 3.15. The summed E-state index contributed by atoms with van der Waals surface area (Å²) in [5, 5.41) is 12.6. The molecule has 3 rings (SSSR count). The van der Waals surface area contributed by atoms with Gasteiger partial charge in [-0.25, -0.2) is 0 Å². The SMILES string of the molecule is CC.CNC(=O)c1ccc(-c2cc(Oc3ccc(C(=N)C(F)(F)F)c(NC)c3)ccn2)cc1C. The molecule has 0 saturated carbocycles. The molecule has 0 radical (unpaired) electrons. The van der Waals surface area contributed by atoms with E-state index in [4.69, 9.17) is 10.1 Å². The summed E-state index contributed by atoms with van der Waals surface area (Å²) in [6.45, 7) is 5.83. The molecule has 34 heavy (non-hydrogen) atoms. The number of amides is 1. The number of nitrogens with one attached hydrogen (secondary N) is 3. The molecule has 0 atom stereocenters. The minimum absolute atomic E-state index is 0.125. The molecule has 1 heterocycles. The number of alkyl halides is 3. The lowest BCUT2D eigenvalue weighted by atomic mass is 10.0. The summed E-state index contributed by atoms with van der Waals surface area (Å²) in [5.41, 5.74) is 1.16. The summed E-state index contributed by atoms with van der Waals surface area (Å²) in [5.74, 6) is 0.557. The Labute approximate surface area is 196 Å². The van der Waals surface area contributed by atoms with Gasteiger partial charge in [0, 0.05) is 54.8 Å². The third-order valence-electron chi connectivity index (χ3n) is 4.77. The third kappa shape index (κ3) is 6.12. The van der Waals surface area contributed by atoms with Crippen molar-refractivity contribution in [3.05, 3.63) is 71.4 Å². The fraction of sp³-hybridized carbons (Fsp3) is 0.240. The number of nitrogens with zero attached hydrogens (tertiary/aromatic N) is 1. The van der Waals surface area contributed by atoms with E-state index in [0.29, 0.717) is 22.8 Å². The number of carbonyl (C=O) groups excluding carboxylic acids is 1. The number of rotatable bonds is 6. The minimum Gasteiger partial charge on any atom is -0.457 e. The van der Waals surface area contributed by atoms with Crippen molar-refractivity contribution < 1.29 is 22.7 Å². The second-order valence-corrected chi connectivity index (χ2v) is 6.92. The van der Waals surface area contributed by atoms with Crippen molar-refractivity contribution in [2.45, 2.75) is 26.9 Å². The van der Waals surface area contributed by atoms with E-state index in [-0.39, 0.29) is 17.2 Å². The average Bonchev–Trinajstić information content (AvgIpc) is 2.83. The largest absolute Gasteiger partial charge is 0.457 e. The zero-order valence-electron chi connectivity index (χ0n) is 19.6. The van der Waals surface area contributed by atoms with Gasteiger partial charge in [-0.1, -0.05) is 19.9 Å². The number of aromatic nitrogens is 1. The molecule has 0 aliphatic carbocycles. The number of anilines is 1. The van der Waals surface area contributed by atoms with E-state index < -0.39 is 11.9 Å². The number of carbonyl (C=O) groups is 1. The second-order valence-electron chi connectivity index (χ2n) is 6.92. The van der Waals surface area contributed by atoms with E-state index in [1.807, 2.05) is 26.8 Å². The van der Waals surface area contributed by atoms with E-state index in [2.05, 4.69) is 15.6 Å². The highest BCUT2D eigenvalue weighted by Gasteiger charge is 2.36. The number of ether oxygens (including phenoxy) is 1. The molecule has 3 N–H and O–H groups in total. The quantitative estimate of drug-likeness (QED) is 0.373. The van der Waals surface area contributed by atoms with Crippen molar-refractivity contribution in [3.8, 4) is 22.8 Å². The van der Waals surface area contributed by atoms with Gasteiger partial charge in [0.1, 0.15) is 17.2 Å². The minimum atomic E-state index is -4.75.